The van der Waals surface area contributed by atoms with E-state index in [0.29, 0.717) is 6.79 Å². The molecule has 1 aromatic heterocycles. The predicted octanol–water partition coefficient (Wildman–Crippen LogP) is 1.58. The number of likely N-dealkylation sites (N-methyl/N-ethyl adjacent to an activating group) is 1. The lowest BCUT2D eigenvalue weighted by Crippen LogP contribution is -2.12. The Morgan fingerprint density at radius 3 is 2.95 bits per heavy atom. The Morgan fingerprint density at radius 2 is 2.11 bits per heavy atom. The molecule has 5 nitrogen and oxygen atoms in total. The van der Waals surface area contributed by atoms with Crippen molar-refractivity contribution in [3.63, 3.8) is 0 Å². The van der Waals surface area contributed by atoms with E-state index in [2.05, 4.69) is 16.5 Å². The molecule has 1 aliphatic heterocycles. The first-order valence-corrected chi connectivity index (χ1v) is 6.35. The van der Waals surface area contributed by atoms with E-state index in [1.807, 2.05) is 37.0 Å². The molecule has 5 heteroatoms. The number of aromatic nitrogens is 2. The summed E-state index contributed by atoms with van der Waals surface area (Å²) in [5, 5.41) is 7.70. The fourth-order valence-electron chi connectivity index (χ4n) is 2.19. The maximum atomic E-state index is 5.40. The van der Waals surface area contributed by atoms with E-state index >= 15 is 0 Å². The first-order valence-electron chi connectivity index (χ1n) is 6.35. The van der Waals surface area contributed by atoms with Crippen molar-refractivity contribution >= 4 is 0 Å². The Morgan fingerprint density at radius 1 is 1.26 bits per heavy atom. The molecule has 3 rings (SSSR count). The smallest absolute Gasteiger partial charge is 0.231 e. The second kappa shape index (κ2) is 4.93. The number of fused-ring (bicyclic) bond motifs is 1. The molecule has 0 atom stereocenters. The van der Waals surface area contributed by atoms with Gasteiger partial charge in [0.15, 0.2) is 11.5 Å². The van der Waals surface area contributed by atoms with Crippen LogP contribution in [0.1, 0.15) is 5.69 Å². The molecule has 1 aliphatic rings. The quantitative estimate of drug-likeness (QED) is 0.905. The molecule has 0 fully saturated rings. The summed E-state index contributed by atoms with van der Waals surface area (Å²) in [6, 6.07) is 8.04. The van der Waals surface area contributed by atoms with Gasteiger partial charge in [-0.1, -0.05) is 0 Å². The maximum Gasteiger partial charge on any atom is 0.231 e. The van der Waals surface area contributed by atoms with Crippen LogP contribution < -0.4 is 14.8 Å². The van der Waals surface area contributed by atoms with Gasteiger partial charge in [0, 0.05) is 31.3 Å². The van der Waals surface area contributed by atoms with Gasteiger partial charge in [-0.15, -0.1) is 0 Å². The van der Waals surface area contributed by atoms with Crippen LogP contribution >= 0.6 is 0 Å². The van der Waals surface area contributed by atoms with Crippen molar-refractivity contribution in [2.45, 2.75) is 6.42 Å². The normalized spacial score (nSPS) is 12.9. The molecule has 0 unspecified atom stereocenters. The summed E-state index contributed by atoms with van der Waals surface area (Å²) in [5.74, 6) is 1.59. The zero-order valence-corrected chi connectivity index (χ0v) is 11.1. The van der Waals surface area contributed by atoms with Crippen molar-refractivity contribution < 1.29 is 9.47 Å². The lowest BCUT2D eigenvalue weighted by atomic mass is 10.1. The summed E-state index contributed by atoms with van der Waals surface area (Å²) in [7, 11) is 3.93. The largest absolute Gasteiger partial charge is 0.454 e. The Hall–Kier alpha value is -2.01. The highest BCUT2D eigenvalue weighted by Gasteiger charge is 2.15. The van der Waals surface area contributed by atoms with E-state index in [0.717, 1.165) is 35.7 Å². The molecule has 0 saturated carbocycles. The van der Waals surface area contributed by atoms with E-state index in [-0.39, 0.29) is 0 Å². The van der Waals surface area contributed by atoms with Crippen LogP contribution in [0.25, 0.3) is 11.3 Å². The number of rotatable bonds is 4. The van der Waals surface area contributed by atoms with Crippen molar-refractivity contribution in [1.82, 2.24) is 15.1 Å². The lowest BCUT2D eigenvalue weighted by Gasteiger charge is -1.99. The molecule has 2 aromatic rings. The first-order chi connectivity index (χ1) is 9.28. The van der Waals surface area contributed by atoms with Crippen LogP contribution in [-0.2, 0) is 13.5 Å². The Bertz CT molecular complexity index is 592. The third-order valence-corrected chi connectivity index (χ3v) is 3.28. The minimum absolute atomic E-state index is 0.300. The average molecular weight is 259 g/mol. The van der Waals surface area contributed by atoms with Gasteiger partial charge in [-0.05, 0) is 31.3 Å². The second-order valence-corrected chi connectivity index (χ2v) is 4.57. The molecule has 0 aliphatic carbocycles. The Labute approximate surface area is 112 Å². The fourth-order valence-corrected chi connectivity index (χ4v) is 2.19. The minimum Gasteiger partial charge on any atom is -0.454 e. The van der Waals surface area contributed by atoms with Gasteiger partial charge in [0.1, 0.15) is 0 Å². The van der Waals surface area contributed by atoms with Gasteiger partial charge in [0.25, 0.3) is 0 Å². The molecule has 2 heterocycles. The summed E-state index contributed by atoms with van der Waals surface area (Å²) in [6.07, 6.45) is 0.963. The third kappa shape index (κ3) is 2.29. The molecule has 100 valence electrons. The predicted molar refractivity (Wildman–Crippen MR) is 72.4 cm³/mol. The zero-order valence-electron chi connectivity index (χ0n) is 11.1. The van der Waals surface area contributed by atoms with E-state index in [1.54, 1.807) is 0 Å². The number of ether oxygens (including phenoxy) is 2. The van der Waals surface area contributed by atoms with Crippen LogP contribution in [0.4, 0.5) is 0 Å². The summed E-state index contributed by atoms with van der Waals surface area (Å²) in [5.41, 5.74) is 3.23. The lowest BCUT2D eigenvalue weighted by molar-refractivity contribution is 0.174. The molecular weight excluding hydrogens is 242 g/mol. The van der Waals surface area contributed by atoms with Gasteiger partial charge in [-0.3, -0.25) is 4.68 Å². The van der Waals surface area contributed by atoms with Gasteiger partial charge < -0.3 is 14.8 Å². The first kappa shape index (κ1) is 12.0. The van der Waals surface area contributed by atoms with Crippen molar-refractivity contribution in [3.8, 4) is 22.8 Å². The van der Waals surface area contributed by atoms with Crippen molar-refractivity contribution in [2.75, 3.05) is 20.4 Å². The summed E-state index contributed by atoms with van der Waals surface area (Å²) in [4.78, 5) is 0. The molecular formula is C14H17N3O2. The van der Waals surface area contributed by atoms with Crippen molar-refractivity contribution in [3.05, 3.63) is 30.0 Å². The Balaban J connectivity index is 1.89. The van der Waals surface area contributed by atoms with Crippen LogP contribution in [0.5, 0.6) is 11.5 Å². The highest BCUT2D eigenvalue weighted by molar-refractivity contribution is 5.64. The molecule has 0 bridgehead atoms. The molecule has 0 spiro atoms. The van der Waals surface area contributed by atoms with Crippen LogP contribution in [0.2, 0.25) is 0 Å². The van der Waals surface area contributed by atoms with Crippen LogP contribution in [0.15, 0.2) is 24.3 Å². The minimum atomic E-state index is 0.300. The number of nitrogens with zero attached hydrogens (tertiary/aromatic N) is 2. The number of hydrogen-bond donors (Lipinski definition) is 1. The van der Waals surface area contributed by atoms with E-state index < -0.39 is 0 Å². The van der Waals surface area contributed by atoms with Crippen molar-refractivity contribution in [1.29, 1.82) is 0 Å². The van der Waals surface area contributed by atoms with Crippen LogP contribution in [0, 0.1) is 0 Å². The fraction of sp³-hybridized carbons (Fsp3) is 0.357. The summed E-state index contributed by atoms with van der Waals surface area (Å²) < 4.78 is 12.6. The standard InChI is InChI=1S/C14H17N3O2/c1-15-6-5-11-8-12(16-17(11)2)10-3-4-13-14(7-10)19-9-18-13/h3-4,7-8,15H,5-6,9H2,1-2H3. The van der Waals surface area contributed by atoms with E-state index in [9.17, 15) is 0 Å². The molecule has 1 N–H and O–H groups in total. The number of nitrogens with one attached hydrogen (secondary N) is 1. The second-order valence-electron chi connectivity index (χ2n) is 4.57. The van der Waals surface area contributed by atoms with E-state index in [1.165, 1.54) is 5.69 Å². The van der Waals surface area contributed by atoms with Crippen molar-refractivity contribution in [2.24, 2.45) is 7.05 Å². The third-order valence-electron chi connectivity index (χ3n) is 3.28. The molecule has 0 amide bonds. The van der Waals surface area contributed by atoms with E-state index in [4.69, 9.17) is 9.47 Å². The van der Waals surface area contributed by atoms with Crippen LogP contribution in [-0.4, -0.2) is 30.2 Å². The maximum absolute atomic E-state index is 5.40. The van der Waals surface area contributed by atoms with Gasteiger partial charge in [-0.2, -0.15) is 5.10 Å². The molecule has 1 aromatic carbocycles. The Kier molecular flexibility index (Phi) is 3.13. The molecule has 0 radical (unpaired) electrons. The zero-order chi connectivity index (χ0) is 13.2. The number of aryl methyl sites for hydroxylation is 1. The highest BCUT2D eigenvalue weighted by atomic mass is 16.7. The average Bonchev–Trinajstić information content (AvgIpc) is 3.02. The topological polar surface area (TPSA) is 48.3 Å². The number of benzene rings is 1. The van der Waals surface area contributed by atoms with Gasteiger partial charge in [-0.25, -0.2) is 0 Å². The highest BCUT2D eigenvalue weighted by Crippen LogP contribution is 2.35. The van der Waals surface area contributed by atoms with Gasteiger partial charge in [0.05, 0.1) is 5.69 Å². The number of hydrogen-bond acceptors (Lipinski definition) is 4. The monoisotopic (exact) mass is 259 g/mol. The molecule has 0 saturated heterocycles. The molecule has 19 heavy (non-hydrogen) atoms. The summed E-state index contributed by atoms with van der Waals surface area (Å²) in [6.45, 7) is 1.24. The van der Waals surface area contributed by atoms with Gasteiger partial charge in [0.2, 0.25) is 6.79 Å². The summed E-state index contributed by atoms with van der Waals surface area (Å²) >= 11 is 0. The van der Waals surface area contributed by atoms with Crippen LogP contribution in [0.3, 0.4) is 0 Å². The van der Waals surface area contributed by atoms with Gasteiger partial charge >= 0.3 is 0 Å². The SMILES string of the molecule is CNCCc1cc(-c2ccc3c(c2)OCO3)nn1C.